The summed E-state index contributed by atoms with van der Waals surface area (Å²) in [6, 6.07) is -1.06. The highest BCUT2D eigenvalue weighted by Gasteiger charge is 2.14. The molecule has 0 radical (unpaired) electrons. The Labute approximate surface area is 74.9 Å². The summed E-state index contributed by atoms with van der Waals surface area (Å²) in [5.74, 6) is -2.26. The number of hydrogen-bond donors (Lipinski definition) is 3. The van der Waals surface area contributed by atoms with Gasteiger partial charge in [0.1, 0.15) is 11.8 Å². The number of Topliss-reactive ketones (excluding diaryl/α,β-unsaturated/α-hetero) is 1. The minimum atomic E-state index is -1.16. The molecule has 13 heavy (non-hydrogen) atoms. The quantitative estimate of drug-likeness (QED) is 0.443. The van der Waals surface area contributed by atoms with E-state index in [1.54, 1.807) is 0 Å². The number of carboxylic acids is 1. The average molecular weight is 188 g/mol. The van der Waals surface area contributed by atoms with Crippen molar-refractivity contribution in [1.29, 1.82) is 0 Å². The van der Waals surface area contributed by atoms with Crippen LogP contribution in [0.15, 0.2) is 0 Å². The van der Waals surface area contributed by atoms with E-state index in [1.165, 1.54) is 0 Å². The third kappa shape index (κ3) is 5.80. The standard InChI is InChI=1S/C7H12N2O4/c8-5(7(12)13)2-1-4(10)3-6(9)11/h5H,1-3,8H2,(H2,9,11)(H,12,13)/t5-/m0/s1. The summed E-state index contributed by atoms with van der Waals surface area (Å²) in [4.78, 5) is 31.3. The minimum absolute atomic E-state index is 0.0292. The predicted molar refractivity (Wildman–Crippen MR) is 43.7 cm³/mol. The number of aliphatic carboxylic acids is 1. The zero-order chi connectivity index (χ0) is 10.4. The first kappa shape index (κ1) is 11.6. The minimum Gasteiger partial charge on any atom is -0.480 e. The highest BCUT2D eigenvalue weighted by molar-refractivity contribution is 5.97. The second-order valence-electron chi connectivity index (χ2n) is 2.67. The van der Waals surface area contributed by atoms with E-state index in [2.05, 4.69) is 0 Å². The van der Waals surface area contributed by atoms with E-state index in [0.29, 0.717) is 0 Å². The van der Waals surface area contributed by atoms with Crippen LogP contribution in [-0.4, -0.2) is 28.8 Å². The van der Waals surface area contributed by atoms with Crippen molar-refractivity contribution in [1.82, 2.24) is 0 Å². The Balaban J connectivity index is 3.70. The molecule has 1 atom stereocenters. The molecule has 0 aliphatic heterocycles. The summed E-state index contributed by atoms with van der Waals surface area (Å²) in [7, 11) is 0. The van der Waals surface area contributed by atoms with Gasteiger partial charge in [-0.3, -0.25) is 14.4 Å². The molecule has 6 heteroatoms. The Morgan fingerprint density at radius 1 is 1.31 bits per heavy atom. The van der Waals surface area contributed by atoms with Gasteiger partial charge in [0.2, 0.25) is 5.91 Å². The summed E-state index contributed by atoms with van der Waals surface area (Å²) in [6.45, 7) is 0. The van der Waals surface area contributed by atoms with Gasteiger partial charge in [-0.2, -0.15) is 0 Å². The Morgan fingerprint density at radius 3 is 2.23 bits per heavy atom. The molecule has 0 fully saturated rings. The molecule has 0 aromatic heterocycles. The van der Waals surface area contributed by atoms with Crippen molar-refractivity contribution in [2.24, 2.45) is 11.5 Å². The molecule has 0 aliphatic rings. The molecule has 0 aromatic carbocycles. The molecule has 5 N–H and O–H groups in total. The van der Waals surface area contributed by atoms with Crippen molar-refractivity contribution in [3.63, 3.8) is 0 Å². The summed E-state index contributed by atoms with van der Waals surface area (Å²) < 4.78 is 0. The molecule has 0 unspecified atom stereocenters. The van der Waals surface area contributed by atoms with Crippen molar-refractivity contribution in [3.8, 4) is 0 Å². The first-order chi connectivity index (χ1) is 5.93. The van der Waals surface area contributed by atoms with Crippen LogP contribution in [0.3, 0.4) is 0 Å². The first-order valence-electron chi connectivity index (χ1n) is 3.72. The third-order valence-electron chi connectivity index (χ3n) is 1.42. The zero-order valence-corrected chi connectivity index (χ0v) is 7.03. The number of carbonyl (C=O) groups is 3. The van der Waals surface area contributed by atoms with E-state index >= 15 is 0 Å². The fourth-order valence-corrected chi connectivity index (χ4v) is 0.723. The van der Waals surface area contributed by atoms with Crippen LogP contribution in [-0.2, 0) is 14.4 Å². The van der Waals surface area contributed by atoms with E-state index in [4.69, 9.17) is 16.6 Å². The Hall–Kier alpha value is -1.43. The average Bonchev–Trinajstić information content (AvgIpc) is 1.98. The molecule has 74 valence electrons. The number of ketones is 1. The van der Waals surface area contributed by atoms with Gasteiger partial charge >= 0.3 is 5.97 Å². The molecular weight excluding hydrogens is 176 g/mol. The van der Waals surface area contributed by atoms with Crippen LogP contribution in [0.5, 0.6) is 0 Å². The lowest BCUT2D eigenvalue weighted by molar-refractivity contribution is -0.138. The number of hydrogen-bond acceptors (Lipinski definition) is 4. The molecule has 0 saturated heterocycles. The number of nitrogens with two attached hydrogens (primary N) is 2. The summed E-state index contributed by atoms with van der Waals surface area (Å²) >= 11 is 0. The monoisotopic (exact) mass is 188 g/mol. The van der Waals surface area contributed by atoms with Crippen LogP contribution in [0.2, 0.25) is 0 Å². The van der Waals surface area contributed by atoms with Crippen molar-refractivity contribution in [2.45, 2.75) is 25.3 Å². The molecule has 0 aromatic rings. The highest BCUT2D eigenvalue weighted by atomic mass is 16.4. The van der Waals surface area contributed by atoms with Crippen molar-refractivity contribution in [2.75, 3.05) is 0 Å². The predicted octanol–water partition coefficient (Wildman–Crippen LogP) is -1.38. The van der Waals surface area contributed by atoms with E-state index in [1.807, 2.05) is 0 Å². The van der Waals surface area contributed by atoms with Crippen molar-refractivity contribution >= 4 is 17.7 Å². The molecule has 1 amide bonds. The van der Waals surface area contributed by atoms with Crippen LogP contribution in [0.1, 0.15) is 19.3 Å². The second-order valence-corrected chi connectivity index (χ2v) is 2.67. The lowest BCUT2D eigenvalue weighted by Gasteiger charge is -2.03. The smallest absolute Gasteiger partial charge is 0.320 e. The fraction of sp³-hybridized carbons (Fsp3) is 0.571. The topological polar surface area (TPSA) is 123 Å². The van der Waals surface area contributed by atoms with Crippen LogP contribution >= 0.6 is 0 Å². The molecule has 6 nitrogen and oxygen atoms in total. The number of carboxylic acid groups (broad SMARTS) is 1. The van der Waals surface area contributed by atoms with Gasteiger partial charge in [-0.15, -0.1) is 0 Å². The SMILES string of the molecule is NC(=O)CC(=O)CC[C@H](N)C(=O)O. The summed E-state index contributed by atoms with van der Waals surface area (Å²) in [5, 5.41) is 8.35. The van der Waals surface area contributed by atoms with Crippen LogP contribution in [0, 0.1) is 0 Å². The number of rotatable bonds is 6. The van der Waals surface area contributed by atoms with Gasteiger partial charge in [0.25, 0.3) is 0 Å². The first-order valence-corrected chi connectivity index (χ1v) is 3.72. The zero-order valence-electron chi connectivity index (χ0n) is 7.03. The number of amides is 1. The molecule has 0 bridgehead atoms. The molecule has 0 aliphatic carbocycles. The van der Waals surface area contributed by atoms with Gasteiger partial charge in [-0.1, -0.05) is 0 Å². The fourth-order valence-electron chi connectivity index (χ4n) is 0.723. The normalized spacial score (nSPS) is 12.1. The van der Waals surface area contributed by atoms with Crippen LogP contribution < -0.4 is 11.5 Å². The van der Waals surface area contributed by atoms with Crippen molar-refractivity contribution < 1.29 is 19.5 Å². The molecule has 0 spiro atoms. The van der Waals surface area contributed by atoms with Crippen LogP contribution in [0.25, 0.3) is 0 Å². The lowest BCUT2D eigenvalue weighted by atomic mass is 10.1. The van der Waals surface area contributed by atoms with Gasteiger partial charge in [0.05, 0.1) is 6.42 Å². The van der Waals surface area contributed by atoms with Gasteiger partial charge in [-0.05, 0) is 6.42 Å². The van der Waals surface area contributed by atoms with Crippen LogP contribution in [0.4, 0.5) is 0 Å². The number of primary amides is 1. The molecule has 0 heterocycles. The molecule has 0 rings (SSSR count). The van der Waals surface area contributed by atoms with Crippen molar-refractivity contribution in [3.05, 3.63) is 0 Å². The maximum absolute atomic E-state index is 10.8. The highest BCUT2D eigenvalue weighted by Crippen LogP contribution is 1.98. The van der Waals surface area contributed by atoms with E-state index in [0.717, 1.165) is 0 Å². The largest absolute Gasteiger partial charge is 0.480 e. The lowest BCUT2D eigenvalue weighted by Crippen LogP contribution is -2.30. The van der Waals surface area contributed by atoms with E-state index in [-0.39, 0.29) is 25.0 Å². The Morgan fingerprint density at radius 2 is 1.85 bits per heavy atom. The second kappa shape index (κ2) is 5.26. The summed E-state index contributed by atoms with van der Waals surface area (Å²) in [5.41, 5.74) is 9.88. The van der Waals surface area contributed by atoms with Gasteiger partial charge in [0, 0.05) is 6.42 Å². The van der Waals surface area contributed by atoms with Gasteiger partial charge < -0.3 is 16.6 Å². The number of carbonyl (C=O) groups excluding carboxylic acids is 2. The third-order valence-corrected chi connectivity index (χ3v) is 1.42. The maximum atomic E-state index is 10.8. The molecule has 0 saturated carbocycles. The van der Waals surface area contributed by atoms with E-state index in [9.17, 15) is 14.4 Å². The van der Waals surface area contributed by atoms with Gasteiger partial charge in [0.15, 0.2) is 0 Å². The van der Waals surface area contributed by atoms with E-state index < -0.39 is 17.9 Å². The summed E-state index contributed by atoms with van der Waals surface area (Å²) in [6.07, 6.45) is -0.357. The Kier molecular flexibility index (Phi) is 4.68. The Bertz CT molecular complexity index is 227. The maximum Gasteiger partial charge on any atom is 0.320 e. The van der Waals surface area contributed by atoms with Gasteiger partial charge in [-0.25, -0.2) is 0 Å². The molecular formula is C7H12N2O4.